The van der Waals surface area contributed by atoms with E-state index in [1.54, 1.807) is 6.07 Å². The lowest BCUT2D eigenvalue weighted by Gasteiger charge is -2.03. The van der Waals surface area contributed by atoms with E-state index in [9.17, 15) is 9.90 Å². The van der Waals surface area contributed by atoms with Crippen LogP contribution >= 0.6 is 22.6 Å². The van der Waals surface area contributed by atoms with Crippen LogP contribution in [-0.2, 0) is 0 Å². The molecule has 64 valence electrons. The third-order valence-electron chi connectivity index (χ3n) is 1.50. The number of phenols is 1. The number of aromatic hydroxyl groups is 1. The SMILES string of the molecule is CC(=O)c1cc(O)c(I)cc1N. The Morgan fingerprint density at radius 1 is 1.58 bits per heavy atom. The van der Waals surface area contributed by atoms with Crippen LogP contribution < -0.4 is 5.73 Å². The van der Waals surface area contributed by atoms with Crippen molar-refractivity contribution in [2.75, 3.05) is 5.73 Å². The summed E-state index contributed by atoms with van der Waals surface area (Å²) in [6, 6.07) is 2.96. The van der Waals surface area contributed by atoms with E-state index in [1.165, 1.54) is 13.0 Å². The van der Waals surface area contributed by atoms with Crippen LogP contribution in [0, 0.1) is 3.57 Å². The fourth-order valence-corrected chi connectivity index (χ4v) is 1.37. The Morgan fingerprint density at radius 3 is 2.67 bits per heavy atom. The summed E-state index contributed by atoms with van der Waals surface area (Å²) in [4.78, 5) is 10.9. The van der Waals surface area contributed by atoms with Gasteiger partial charge in [0.05, 0.1) is 3.57 Å². The Balaban J connectivity index is 3.33. The topological polar surface area (TPSA) is 63.3 Å². The molecule has 1 rings (SSSR count). The molecule has 0 aliphatic rings. The van der Waals surface area contributed by atoms with Crippen LogP contribution in [0.2, 0.25) is 0 Å². The van der Waals surface area contributed by atoms with Crippen LogP contribution in [0.5, 0.6) is 5.75 Å². The molecule has 1 aromatic carbocycles. The summed E-state index contributed by atoms with van der Waals surface area (Å²) in [5, 5.41) is 9.26. The first-order valence-corrected chi connectivity index (χ1v) is 4.39. The van der Waals surface area contributed by atoms with Crippen molar-refractivity contribution in [1.29, 1.82) is 0 Å². The molecule has 4 heteroatoms. The lowest BCUT2D eigenvalue weighted by Crippen LogP contribution is -1.99. The lowest BCUT2D eigenvalue weighted by molar-refractivity contribution is 0.101. The molecule has 0 radical (unpaired) electrons. The summed E-state index contributed by atoms with van der Waals surface area (Å²) < 4.78 is 0.648. The molecular weight excluding hydrogens is 269 g/mol. The van der Waals surface area contributed by atoms with Gasteiger partial charge in [-0.05, 0) is 41.6 Å². The smallest absolute Gasteiger partial charge is 0.162 e. The summed E-state index contributed by atoms with van der Waals surface area (Å²) in [7, 11) is 0. The number of benzene rings is 1. The molecule has 3 N–H and O–H groups in total. The first kappa shape index (κ1) is 9.31. The van der Waals surface area contributed by atoms with E-state index < -0.39 is 0 Å². The van der Waals surface area contributed by atoms with Crippen LogP contribution in [0.25, 0.3) is 0 Å². The molecule has 0 aliphatic carbocycles. The number of carbonyl (C=O) groups is 1. The Morgan fingerprint density at radius 2 is 2.17 bits per heavy atom. The molecule has 0 atom stereocenters. The van der Waals surface area contributed by atoms with Crippen LogP contribution in [0.1, 0.15) is 17.3 Å². The molecule has 3 nitrogen and oxygen atoms in total. The van der Waals surface area contributed by atoms with Gasteiger partial charge < -0.3 is 10.8 Å². The average Bonchev–Trinajstić information content (AvgIpc) is 1.96. The van der Waals surface area contributed by atoms with Crippen LogP contribution in [-0.4, -0.2) is 10.9 Å². The maximum absolute atomic E-state index is 10.9. The van der Waals surface area contributed by atoms with Crippen molar-refractivity contribution >= 4 is 34.1 Å². The molecular formula is C8H8INO2. The quantitative estimate of drug-likeness (QED) is 0.356. The highest BCUT2D eigenvalue weighted by atomic mass is 127. The monoisotopic (exact) mass is 277 g/mol. The van der Waals surface area contributed by atoms with Crippen molar-refractivity contribution in [2.24, 2.45) is 0 Å². The summed E-state index contributed by atoms with van der Waals surface area (Å²) in [5.41, 5.74) is 6.33. The van der Waals surface area contributed by atoms with Crippen molar-refractivity contribution in [3.63, 3.8) is 0 Å². The van der Waals surface area contributed by atoms with E-state index in [0.29, 0.717) is 14.8 Å². The maximum Gasteiger partial charge on any atom is 0.162 e. The Hall–Kier alpha value is -0.780. The fraction of sp³-hybridized carbons (Fsp3) is 0.125. The molecule has 0 heterocycles. The first-order chi connectivity index (χ1) is 5.52. The number of phenolic OH excluding ortho intramolecular Hbond substituents is 1. The van der Waals surface area contributed by atoms with Gasteiger partial charge in [-0.15, -0.1) is 0 Å². The molecule has 0 aliphatic heterocycles. The third kappa shape index (κ3) is 1.69. The summed E-state index contributed by atoms with van der Waals surface area (Å²) in [6.45, 7) is 1.41. The number of ketones is 1. The number of Topliss-reactive ketones (excluding diaryl/α,β-unsaturated/α-hetero) is 1. The summed E-state index contributed by atoms with van der Waals surface area (Å²) in [5.74, 6) is -0.0470. The van der Waals surface area contributed by atoms with Gasteiger partial charge in [0.25, 0.3) is 0 Å². The minimum Gasteiger partial charge on any atom is -0.507 e. The van der Waals surface area contributed by atoms with Gasteiger partial charge in [0.2, 0.25) is 0 Å². The summed E-state index contributed by atoms with van der Waals surface area (Å²) >= 11 is 1.95. The van der Waals surface area contributed by atoms with Crippen molar-refractivity contribution in [3.8, 4) is 5.75 Å². The normalized spacial score (nSPS) is 9.83. The number of halogens is 1. The van der Waals surface area contributed by atoms with Gasteiger partial charge in [-0.3, -0.25) is 4.79 Å². The van der Waals surface area contributed by atoms with E-state index in [-0.39, 0.29) is 11.5 Å². The largest absolute Gasteiger partial charge is 0.507 e. The molecule has 0 aromatic heterocycles. The van der Waals surface area contributed by atoms with Gasteiger partial charge in [-0.1, -0.05) is 0 Å². The van der Waals surface area contributed by atoms with Gasteiger partial charge in [0.1, 0.15) is 5.75 Å². The highest BCUT2D eigenvalue weighted by molar-refractivity contribution is 14.1. The highest BCUT2D eigenvalue weighted by Gasteiger charge is 2.08. The van der Waals surface area contributed by atoms with Crippen molar-refractivity contribution in [1.82, 2.24) is 0 Å². The Bertz CT molecular complexity index is 336. The van der Waals surface area contributed by atoms with E-state index in [4.69, 9.17) is 5.73 Å². The van der Waals surface area contributed by atoms with E-state index in [0.717, 1.165) is 0 Å². The van der Waals surface area contributed by atoms with Crippen molar-refractivity contribution in [3.05, 3.63) is 21.3 Å². The van der Waals surface area contributed by atoms with Gasteiger partial charge in [-0.25, -0.2) is 0 Å². The predicted molar refractivity (Wildman–Crippen MR) is 55.2 cm³/mol. The Labute approximate surface area is 83.7 Å². The minimum absolute atomic E-state index is 0.0926. The second kappa shape index (κ2) is 3.30. The summed E-state index contributed by atoms with van der Waals surface area (Å²) in [6.07, 6.45) is 0. The molecule has 0 fully saturated rings. The fourth-order valence-electron chi connectivity index (χ4n) is 0.882. The number of nitrogens with two attached hydrogens (primary N) is 1. The molecule has 0 unspecified atom stereocenters. The first-order valence-electron chi connectivity index (χ1n) is 3.31. The van der Waals surface area contributed by atoms with Crippen molar-refractivity contribution in [2.45, 2.75) is 6.92 Å². The third-order valence-corrected chi connectivity index (χ3v) is 2.36. The van der Waals surface area contributed by atoms with E-state index in [2.05, 4.69) is 0 Å². The second-order valence-corrected chi connectivity index (χ2v) is 3.61. The number of hydrogen-bond acceptors (Lipinski definition) is 3. The number of hydrogen-bond donors (Lipinski definition) is 2. The zero-order valence-corrected chi connectivity index (χ0v) is 8.62. The zero-order chi connectivity index (χ0) is 9.30. The van der Waals surface area contributed by atoms with E-state index >= 15 is 0 Å². The van der Waals surface area contributed by atoms with Gasteiger partial charge in [0.15, 0.2) is 5.78 Å². The van der Waals surface area contributed by atoms with E-state index in [1.807, 2.05) is 22.6 Å². The van der Waals surface area contributed by atoms with Gasteiger partial charge in [0, 0.05) is 11.3 Å². The van der Waals surface area contributed by atoms with Crippen LogP contribution in [0.15, 0.2) is 12.1 Å². The number of nitrogen functional groups attached to an aromatic ring is 1. The molecule has 0 spiro atoms. The minimum atomic E-state index is -0.140. The average molecular weight is 277 g/mol. The molecule has 1 aromatic rings. The van der Waals surface area contributed by atoms with Crippen LogP contribution in [0.4, 0.5) is 5.69 Å². The Kier molecular flexibility index (Phi) is 2.56. The predicted octanol–water partition coefficient (Wildman–Crippen LogP) is 1.78. The number of carbonyl (C=O) groups excluding carboxylic acids is 1. The lowest BCUT2D eigenvalue weighted by atomic mass is 10.1. The molecule has 12 heavy (non-hydrogen) atoms. The molecule has 0 saturated carbocycles. The number of anilines is 1. The standard InChI is InChI=1S/C8H8INO2/c1-4(11)5-2-8(12)6(9)3-7(5)10/h2-3,12H,10H2,1H3. The molecule has 0 saturated heterocycles. The van der Waals surface area contributed by atoms with Gasteiger partial charge in [-0.2, -0.15) is 0 Å². The van der Waals surface area contributed by atoms with Gasteiger partial charge >= 0.3 is 0 Å². The maximum atomic E-state index is 10.9. The molecule has 0 bridgehead atoms. The van der Waals surface area contributed by atoms with Crippen LogP contribution in [0.3, 0.4) is 0 Å². The zero-order valence-electron chi connectivity index (χ0n) is 6.47. The van der Waals surface area contributed by atoms with Crippen molar-refractivity contribution < 1.29 is 9.90 Å². The second-order valence-electron chi connectivity index (χ2n) is 2.45. The molecule has 0 amide bonds. The number of rotatable bonds is 1. The highest BCUT2D eigenvalue weighted by Crippen LogP contribution is 2.25.